The molecule has 0 aliphatic carbocycles. The van der Waals surface area contributed by atoms with Crippen molar-refractivity contribution in [2.24, 2.45) is 5.41 Å². The quantitative estimate of drug-likeness (QED) is 0.608. The van der Waals surface area contributed by atoms with E-state index in [-0.39, 0.29) is 17.3 Å². The molecular formula is C12H25ClO3S. The lowest BCUT2D eigenvalue weighted by molar-refractivity contribution is -0.000215. The average molecular weight is 285 g/mol. The van der Waals surface area contributed by atoms with Crippen LogP contribution in [0.2, 0.25) is 0 Å². The molecule has 5 heteroatoms. The van der Waals surface area contributed by atoms with Crippen LogP contribution in [0.5, 0.6) is 0 Å². The van der Waals surface area contributed by atoms with Gasteiger partial charge >= 0.3 is 0 Å². The first-order valence-electron chi connectivity index (χ1n) is 6.32. The maximum atomic E-state index is 11.2. The SMILES string of the molecule is CCCC(C)OCC(CC)(CC)CS(=O)(=O)Cl. The summed E-state index contributed by atoms with van der Waals surface area (Å²) in [6.07, 6.45) is 3.76. The monoisotopic (exact) mass is 284 g/mol. The van der Waals surface area contributed by atoms with Crippen LogP contribution in [0.25, 0.3) is 0 Å². The molecule has 0 aromatic carbocycles. The molecule has 0 saturated carbocycles. The van der Waals surface area contributed by atoms with Crippen LogP contribution < -0.4 is 0 Å². The molecule has 0 saturated heterocycles. The van der Waals surface area contributed by atoms with Gasteiger partial charge < -0.3 is 4.74 Å². The summed E-state index contributed by atoms with van der Waals surface area (Å²) in [5.41, 5.74) is -0.345. The number of hydrogen-bond donors (Lipinski definition) is 0. The summed E-state index contributed by atoms with van der Waals surface area (Å²) in [6, 6.07) is 0. The Morgan fingerprint density at radius 2 is 1.76 bits per heavy atom. The molecule has 17 heavy (non-hydrogen) atoms. The van der Waals surface area contributed by atoms with E-state index in [2.05, 4.69) is 6.92 Å². The van der Waals surface area contributed by atoms with Crippen LogP contribution in [0.15, 0.2) is 0 Å². The smallest absolute Gasteiger partial charge is 0.233 e. The fourth-order valence-electron chi connectivity index (χ4n) is 1.87. The highest BCUT2D eigenvalue weighted by Crippen LogP contribution is 2.30. The summed E-state index contributed by atoms with van der Waals surface area (Å²) in [4.78, 5) is 0. The minimum absolute atomic E-state index is 0.00655. The molecule has 1 unspecified atom stereocenters. The van der Waals surface area contributed by atoms with Gasteiger partial charge in [0.05, 0.1) is 18.5 Å². The minimum atomic E-state index is -3.47. The van der Waals surface area contributed by atoms with Crippen molar-refractivity contribution in [1.82, 2.24) is 0 Å². The molecule has 0 rings (SSSR count). The van der Waals surface area contributed by atoms with Crippen molar-refractivity contribution < 1.29 is 13.2 Å². The molecule has 0 bridgehead atoms. The summed E-state index contributed by atoms with van der Waals surface area (Å²) < 4.78 is 28.2. The predicted octanol–water partition coefficient (Wildman–Crippen LogP) is 3.57. The van der Waals surface area contributed by atoms with Crippen LogP contribution in [0.3, 0.4) is 0 Å². The van der Waals surface area contributed by atoms with Crippen molar-refractivity contribution in [3.63, 3.8) is 0 Å². The van der Waals surface area contributed by atoms with Gasteiger partial charge in [-0.1, -0.05) is 27.2 Å². The second-order valence-corrected chi connectivity index (χ2v) is 7.58. The van der Waals surface area contributed by atoms with Gasteiger partial charge in [0.25, 0.3) is 0 Å². The van der Waals surface area contributed by atoms with E-state index in [1.54, 1.807) is 0 Å². The minimum Gasteiger partial charge on any atom is -0.378 e. The largest absolute Gasteiger partial charge is 0.378 e. The molecular weight excluding hydrogens is 260 g/mol. The maximum absolute atomic E-state index is 11.2. The van der Waals surface area contributed by atoms with E-state index in [4.69, 9.17) is 15.4 Å². The molecule has 3 nitrogen and oxygen atoms in total. The third-order valence-corrected chi connectivity index (χ3v) is 4.63. The van der Waals surface area contributed by atoms with E-state index in [0.29, 0.717) is 6.61 Å². The lowest BCUT2D eigenvalue weighted by Crippen LogP contribution is -2.33. The van der Waals surface area contributed by atoms with Gasteiger partial charge in [-0.15, -0.1) is 0 Å². The zero-order valence-electron chi connectivity index (χ0n) is 11.3. The van der Waals surface area contributed by atoms with Gasteiger partial charge in [-0.05, 0) is 26.2 Å². The Hall–Kier alpha value is 0.200. The molecule has 0 N–H and O–H groups in total. The fraction of sp³-hybridized carbons (Fsp3) is 1.00. The third-order valence-electron chi connectivity index (χ3n) is 3.35. The first-order valence-corrected chi connectivity index (χ1v) is 8.80. The molecule has 0 spiro atoms. The van der Waals surface area contributed by atoms with Gasteiger partial charge in [0, 0.05) is 16.1 Å². The Morgan fingerprint density at radius 1 is 1.24 bits per heavy atom. The molecule has 1 atom stereocenters. The van der Waals surface area contributed by atoms with E-state index in [1.807, 2.05) is 20.8 Å². The number of rotatable bonds is 9. The summed E-state index contributed by atoms with van der Waals surface area (Å²) in [6.45, 7) is 8.57. The summed E-state index contributed by atoms with van der Waals surface area (Å²) in [7, 11) is 1.89. The van der Waals surface area contributed by atoms with E-state index in [1.165, 1.54) is 0 Å². The Bertz CT molecular complexity index is 297. The zero-order valence-corrected chi connectivity index (χ0v) is 12.9. The summed E-state index contributed by atoms with van der Waals surface area (Å²) in [5.74, 6) is -0.00655. The normalized spacial score (nSPS) is 14.9. The van der Waals surface area contributed by atoms with Crippen LogP contribution in [-0.2, 0) is 13.8 Å². The molecule has 0 fully saturated rings. The molecule has 0 aromatic heterocycles. The van der Waals surface area contributed by atoms with Gasteiger partial charge in [-0.2, -0.15) is 0 Å². The first-order chi connectivity index (χ1) is 7.78. The van der Waals surface area contributed by atoms with Gasteiger partial charge in [0.2, 0.25) is 9.05 Å². The van der Waals surface area contributed by atoms with Gasteiger partial charge in [0.15, 0.2) is 0 Å². The second kappa shape index (κ2) is 7.59. The third kappa shape index (κ3) is 7.27. The van der Waals surface area contributed by atoms with Crippen LogP contribution in [0.4, 0.5) is 0 Å². The predicted molar refractivity (Wildman–Crippen MR) is 73.0 cm³/mol. The van der Waals surface area contributed by atoms with Crippen molar-refractivity contribution in [1.29, 1.82) is 0 Å². The summed E-state index contributed by atoms with van der Waals surface area (Å²) >= 11 is 0. The van der Waals surface area contributed by atoms with E-state index in [9.17, 15) is 8.42 Å². The lowest BCUT2D eigenvalue weighted by atomic mass is 9.85. The fourth-order valence-corrected chi connectivity index (χ4v) is 3.79. The highest BCUT2D eigenvalue weighted by Gasteiger charge is 2.32. The van der Waals surface area contributed by atoms with E-state index in [0.717, 1.165) is 25.7 Å². The second-order valence-electron chi connectivity index (χ2n) is 4.80. The van der Waals surface area contributed by atoms with Crippen LogP contribution in [0.1, 0.15) is 53.4 Å². The van der Waals surface area contributed by atoms with Gasteiger partial charge in [0.1, 0.15) is 0 Å². The van der Waals surface area contributed by atoms with Gasteiger partial charge in [-0.25, -0.2) is 8.42 Å². The van der Waals surface area contributed by atoms with Crippen molar-refractivity contribution in [2.75, 3.05) is 12.4 Å². The Morgan fingerprint density at radius 3 is 2.12 bits per heavy atom. The van der Waals surface area contributed by atoms with Crippen molar-refractivity contribution in [3.8, 4) is 0 Å². The molecule has 0 heterocycles. The number of hydrogen-bond acceptors (Lipinski definition) is 3. The molecule has 0 amide bonds. The highest BCUT2D eigenvalue weighted by atomic mass is 35.7. The van der Waals surface area contributed by atoms with Crippen LogP contribution in [0, 0.1) is 5.41 Å². The summed E-state index contributed by atoms with van der Waals surface area (Å²) in [5, 5.41) is 0. The van der Waals surface area contributed by atoms with Crippen LogP contribution >= 0.6 is 10.7 Å². The van der Waals surface area contributed by atoms with Crippen molar-refractivity contribution in [2.45, 2.75) is 59.5 Å². The molecule has 0 radical (unpaired) electrons. The van der Waals surface area contributed by atoms with Crippen molar-refractivity contribution >= 4 is 19.7 Å². The molecule has 0 aliphatic heterocycles. The highest BCUT2D eigenvalue weighted by molar-refractivity contribution is 8.13. The average Bonchev–Trinajstić information content (AvgIpc) is 2.23. The van der Waals surface area contributed by atoms with Crippen molar-refractivity contribution in [3.05, 3.63) is 0 Å². The topological polar surface area (TPSA) is 43.4 Å². The Kier molecular flexibility index (Phi) is 7.68. The van der Waals surface area contributed by atoms with E-state index < -0.39 is 9.05 Å². The maximum Gasteiger partial charge on any atom is 0.233 e. The van der Waals surface area contributed by atoms with Gasteiger partial charge in [-0.3, -0.25) is 0 Å². The number of ether oxygens (including phenoxy) is 1. The zero-order chi connectivity index (χ0) is 13.5. The lowest BCUT2D eigenvalue weighted by Gasteiger charge is -2.31. The number of halogens is 1. The molecule has 0 aliphatic rings. The Balaban J connectivity index is 4.51. The molecule has 0 aromatic rings. The Labute approximate surface area is 110 Å². The first kappa shape index (κ1) is 17.2. The van der Waals surface area contributed by atoms with Crippen LogP contribution in [-0.4, -0.2) is 26.9 Å². The standard InChI is InChI=1S/C12H25ClO3S/c1-5-8-11(4)16-9-12(6-2,7-3)10-17(13,14)15/h11H,5-10H2,1-4H3. The van der Waals surface area contributed by atoms with E-state index >= 15 is 0 Å². The molecule has 104 valence electrons.